The number of pyridine rings is 1. The fraction of sp³-hybridized carbons (Fsp3) is 0. The molecule has 1 aromatic heterocycles. The molecule has 0 spiro atoms. The van der Waals surface area contributed by atoms with E-state index in [9.17, 15) is 10.1 Å². The first-order valence-electron chi connectivity index (χ1n) is 4.90. The zero-order valence-corrected chi connectivity index (χ0v) is 12.2. The van der Waals surface area contributed by atoms with Crippen molar-refractivity contribution in [1.82, 2.24) is 4.98 Å². The summed E-state index contributed by atoms with van der Waals surface area (Å²) < 4.78 is 5.88. The fourth-order valence-corrected chi connectivity index (χ4v) is 2.18. The lowest BCUT2D eigenvalue weighted by atomic mass is 10.3. The SMILES string of the molecule is O=[N+]([O-])c1ccc(Cl)cc1Oc1ncc(Cl)cc1Br. The van der Waals surface area contributed by atoms with Gasteiger partial charge in [0.25, 0.3) is 0 Å². The van der Waals surface area contributed by atoms with Gasteiger partial charge >= 0.3 is 5.69 Å². The molecule has 0 aliphatic rings. The Morgan fingerprint density at radius 3 is 2.63 bits per heavy atom. The molecule has 5 nitrogen and oxygen atoms in total. The van der Waals surface area contributed by atoms with Gasteiger partial charge in [-0.05, 0) is 28.1 Å². The summed E-state index contributed by atoms with van der Waals surface area (Å²) in [5.74, 6) is 0.169. The molecule has 1 heterocycles. The smallest absolute Gasteiger partial charge is 0.311 e. The third-order valence-electron chi connectivity index (χ3n) is 2.10. The molecule has 0 aliphatic heterocycles. The van der Waals surface area contributed by atoms with Crippen molar-refractivity contribution < 1.29 is 9.66 Å². The van der Waals surface area contributed by atoms with Crippen LogP contribution in [0.15, 0.2) is 34.9 Å². The Balaban J connectivity index is 2.42. The van der Waals surface area contributed by atoms with E-state index in [0.717, 1.165) is 0 Å². The van der Waals surface area contributed by atoms with Crippen molar-refractivity contribution in [3.05, 3.63) is 55.1 Å². The summed E-state index contributed by atoms with van der Waals surface area (Å²) >= 11 is 14.8. The lowest BCUT2D eigenvalue weighted by molar-refractivity contribution is -0.385. The number of hydrogen-bond acceptors (Lipinski definition) is 4. The summed E-state index contributed by atoms with van der Waals surface area (Å²) in [4.78, 5) is 14.3. The van der Waals surface area contributed by atoms with Gasteiger partial charge in [0.1, 0.15) is 0 Å². The third kappa shape index (κ3) is 3.34. The molecule has 1 aromatic carbocycles. The Morgan fingerprint density at radius 2 is 2.00 bits per heavy atom. The summed E-state index contributed by atoms with van der Waals surface area (Å²) in [6.45, 7) is 0. The summed E-state index contributed by atoms with van der Waals surface area (Å²) in [6.07, 6.45) is 1.37. The van der Waals surface area contributed by atoms with E-state index in [1.807, 2.05) is 0 Å². The van der Waals surface area contributed by atoms with Crippen LogP contribution < -0.4 is 4.74 Å². The topological polar surface area (TPSA) is 65.3 Å². The van der Waals surface area contributed by atoms with Gasteiger partial charge in [-0.3, -0.25) is 10.1 Å². The van der Waals surface area contributed by atoms with Crippen molar-refractivity contribution in [2.75, 3.05) is 0 Å². The number of nitro benzene ring substituents is 1. The second-order valence-electron chi connectivity index (χ2n) is 3.41. The average molecular weight is 364 g/mol. The molecule has 0 unspecified atom stereocenters. The van der Waals surface area contributed by atoms with Crippen LogP contribution in [-0.2, 0) is 0 Å². The lowest BCUT2D eigenvalue weighted by Crippen LogP contribution is -1.95. The molecule has 0 amide bonds. The second-order valence-corrected chi connectivity index (χ2v) is 5.14. The minimum absolute atomic E-state index is 0.00743. The molecule has 19 heavy (non-hydrogen) atoms. The highest BCUT2D eigenvalue weighted by Gasteiger charge is 2.17. The minimum Gasteiger partial charge on any atom is -0.431 e. The highest BCUT2D eigenvalue weighted by molar-refractivity contribution is 9.10. The maximum absolute atomic E-state index is 10.9. The van der Waals surface area contributed by atoms with Crippen LogP contribution in [0.25, 0.3) is 0 Å². The summed E-state index contributed by atoms with van der Waals surface area (Å²) in [5.41, 5.74) is -0.201. The molecule has 0 saturated carbocycles. The molecule has 0 N–H and O–H groups in total. The van der Waals surface area contributed by atoms with Gasteiger partial charge in [-0.2, -0.15) is 0 Å². The molecule has 2 aromatic rings. The molecule has 0 bridgehead atoms. The molecule has 0 aliphatic carbocycles. The van der Waals surface area contributed by atoms with Gasteiger partial charge < -0.3 is 4.74 Å². The number of halogens is 3. The van der Waals surface area contributed by atoms with Crippen molar-refractivity contribution in [3.63, 3.8) is 0 Å². The van der Waals surface area contributed by atoms with Crippen LogP contribution in [0.1, 0.15) is 0 Å². The highest BCUT2D eigenvalue weighted by atomic mass is 79.9. The van der Waals surface area contributed by atoms with Gasteiger partial charge in [-0.25, -0.2) is 4.98 Å². The fourth-order valence-electron chi connectivity index (χ4n) is 1.30. The maximum atomic E-state index is 10.9. The predicted octanol–water partition coefficient (Wildman–Crippen LogP) is 4.85. The first kappa shape index (κ1) is 14.0. The first-order chi connectivity index (χ1) is 8.97. The summed E-state index contributed by atoms with van der Waals surface area (Å²) in [5, 5.41) is 11.6. The third-order valence-corrected chi connectivity index (χ3v) is 3.11. The quantitative estimate of drug-likeness (QED) is 0.577. The largest absolute Gasteiger partial charge is 0.431 e. The Hall–Kier alpha value is -1.37. The van der Waals surface area contributed by atoms with Crippen LogP contribution in [0.4, 0.5) is 5.69 Å². The number of rotatable bonds is 3. The molecule has 0 saturated heterocycles. The van der Waals surface area contributed by atoms with Crippen molar-refractivity contribution in [2.24, 2.45) is 0 Å². The normalized spacial score (nSPS) is 10.3. The van der Waals surface area contributed by atoms with Crippen LogP contribution in [-0.4, -0.2) is 9.91 Å². The van der Waals surface area contributed by atoms with Crippen LogP contribution in [0, 0.1) is 10.1 Å². The number of ether oxygens (including phenoxy) is 1. The zero-order valence-electron chi connectivity index (χ0n) is 9.14. The average Bonchev–Trinajstić information content (AvgIpc) is 2.32. The zero-order chi connectivity index (χ0) is 14.0. The van der Waals surface area contributed by atoms with E-state index in [-0.39, 0.29) is 17.3 Å². The van der Waals surface area contributed by atoms with E-state index >= 15 is 0 Å². The predicted molar refractivity (Wildman–Crippen MR) is 75.1 cm³/mol. The Bertz CT molecular complexity index is 652. The van der Waals surface area contributed by atoms with Crippen LogP contribution >= 0.6 is 39.1 Å². The molecule has 98 valence electrons. The molecule has 0 fully saturated rings. The monoisotopic (exact) mass is 362 g/mol. The number of nitro groups is 1. The number of hydrogen-bond donors (Lipinski definition) is 0. The van der Waals surface area contributed by atoms with Crippen molar-refractivity contribution in [2.45, 2.75) is 0 Å². The van der Waals surface area contributed by atoms with Gasteiger partial charge in [0, 0.05) is 23.4 Å². The van der Waals surface area contributed by atoms with E-state index in [1.54, 1.807) is 6.07 Å². The van der Waals surface area contributed by atoms with Crippen molar-refractivity contribution in [3.8, 4) is 11.6 Å². The number of benzene rings is 1. The van der Waals surface area contributed by atoms with Gasteiger partial charge in [0.2, 0.25) is 11.6 Å². The van der Waals surface area contributed by atoms with E-state index < -0.39 is 4.92 Å². The standard InChI is InChI=1S/C11H5BrCl2N2O3/c12-8-3-7(14)5-15-11(8)19-10-4-6(13)1-2-9(10)16(17)18/h1-5H. The molecule has 2 rings (SSSR count). The molecular formula is C11H5BrCl2N2O3. The Labute approximate surface area is 126 Å². The second kappa shape index (κ2) is 5.73. The van der Waals surface area contributed by atoms with Gasteiger partial charge in [-0.15, -0.1) is 0 Å². The van der Waals surface area contributed by atoms with E-state index in [2.05, 4.69) is 20.9 Å². The molecule has 0 radical (unpaired) electrons. The number of aromatic nitrogens is 1. The molecule has 8 heteroatoms. The van der Waals surface area contributed by atoms with E-state index in [4.69, 9.17) is 27.9 Å². The number of nitrogens with zero attached hydrogens (tertiary/aromatic N) is 2. The van der Waals surface area contributed by atoms with Crippen LogP contribution in [0.3, 0.4) is 0 Å². The Morgan fingerprint density at radius 1 is 1.26 bits per heavy atom. The van der Waals surface area contributed by atoms with Crippen LogP contribution in [0.2, 0.25) is 10.0 Å². The van der Waals surface area contributed by atoms with Crippen LogP contribution in [0.5, 0.6) is 11.6 Å². The van der Waals surface area contributed by atoms with Crippen molar-refractivity contribution >= 4 is 44.8 Å². The maximum Gasteiger partial charge on any atom is 0.311 e. The summed E-state index contributed by atoms with van der Waals surface area (Å²) in [7, 11) is 0. The molecule has 0 atom stereocenters. The highest BCUT2D eigenvalue weighted by Crippen LogP contribution is 2.36. The van der Waals surface area contributed by atoms with Gasteiger partial charge in [-0.1, -0.05) is 23.2 Å². The van der Waals surface area contributed by atoms with Gasteiger partial charge in [0.15, 0.2) is 0 Å². The summed E-state index contributed by atoms with van der Waals surface area (Å²) in [6, 6.07) is 5.60. The minimum atomic E-state index is -0.560. The first-order valence-corrected chi connectivity index (χ1v) is 6.45. The molecular weight excluding hydrogens is 359 g/mol. The Kier molecular flexibility index (Phi) is 4.24. The lowest BCUT2D eigenvalue weighted by Gasteiger charge is -2.07. The van der Waals surface area contributed by atoms with E-state index in [1.165, 1.54) is 24.4 Å². The van der Waals surface area contributed by atoms with Crippen molar-refractivity contribution in [1.29, 1.82) is 0 Å². The van der Waals surface area contributed by atoms with Gasteiger partial charge in [0.05, 0.1) is 14.4 Å². The van der Waals surface area contributed by atoms with E-state index in [0.29, 0.717) is 14.5 Å².